The van der Waals surface area contributed by atoms with Crippen LogP contribution in [-0.2, 0) is 11.2 Å². The maximum atomic E-state index is 13.7. The van der Waals surface area contributed by atoms with Crippen molar-refractivity contribution in [1.29, 1.82) is 0 Å². The molecule has 0 fully saturated rings. The minimum absolute atomic E-state index is 0.210. The van der Waals surface area contributed by atoms with E-state index >= 15 is 0 Å². The molecule has 1 rings (SSSR count). The van der Waals surface area contributed by atoms with Gasteiger partial charge in [-0.25, -0.2) is 4.39 Å². The van der Waals surface area contributed by atoms with Gasteiger partial charge < -0.3 is 10.1 Å². The Balaban J connectivity index is 2.52. The van der Waals surface area contributed by atoms with Crippen LogP contribution in [0.1, 0.15) is 18.9 Å². The summed E-state index contributed by atoms with van der Waals surface area (Å²) in [5, 5.41) is 3.82. The second-order valence-corrected chi connectivity index (χ2v) is 4.78. The Bertz CT molecular complexity index is 339. The molecular weight excluding hydrogens is 253 g/mol. The summed E-state index contributed by atoms with van der Waals surface area (Å²) in [6, 6.07) is 4.84. The first-order chi connectivity index (χ1) is 8.69. The fraction of sp³-hybridized carbons (Fsp3) is 0.571. The quantitative estimate of drug-likeness (QED) is 0.734. The Morgan fingerprint density at radius 3 is 2.83 bits per heavy atom. The van der Waals surface area contributed by atoms with Gasteiger partial charge in [0.15, 0.2) is 0 Å². The average Bonchev–Trinajstić information content (AvgIpc) is 2.36. The van der Waals surface area contributed by atoms with Crippen LogP contribution in [0.25, 0.3) is 0 Å². The van der Waals surface area contributed by atoms with Crippen LogP contribution in [0, 0.1) is 11.7 Å². The number of methoxy groups -OCH3 is 1. The Kier molecular flexibility index (Phi) is 7.25. The van der Waals surface area contributed by atoms with Gasteiger partial charge in [0.2, 0.25) is 0 Å². The molecule has 0 aromatic heterocycles. The molecule has 0 aliphatic rings. The second kappa shape index (κ2) is 8.46. The average molecular weight is 274 g/mol. The molecule has 1 unspecified atom stereocenters. The molecule has 1 atom stereocenters. The van der Waals surface area contributed by atoms with Gasteiger partial charge in [0, 0.05) is 24.2 Å². The van der Waals surface area contributed by atoms with Gasteiger partial charge in [-0.2, -0.15) is 0 Å². The maximum absolute atomic E-state index is 13.7. The highest BCUT2D eigenvalue weighted by atomic mass is 35.5. The standard InChI is InChI=1S/C14H21ClFNO/c1-3-11(10-17-7-8-18-2)9-12-13(15)5-4-6-14(12)16/h4-6,11,17H,3,7-10H2,1-2H3. The molecule has 0 bridgehead atoms. The maximum Gasteiger partial charge on any atom is 0.127 e. The number of hydrogen-bond acceptors (Lipinski definition) is 2. The molecule has 1 aromatic rings. The lowest BCUT2D eigenvalue weighted by molar-refractivity contribution is 0.197. The van der Waals surface area contributed by atoms with Crippen molar-refractivity contribution in [3.8, 4) is 0 Å². The van der Waals surface area contributed by atoms with E-state index in [0.29, 0.717) is 29.5 Å². The highest BCUT2D eigenvalue weighted by Crippen LogP contribution is 2.23. The third kappa shape index (κ3) is 4.92. The zero-order valence-corrected chi connectivity index (χ0v) is 11.8. The van der Waals surface area contributed by atoms with Crippen molar-refractivity contribution in [3.05, 3.63) is 34.6 Å². The monoisotopic (exact) mass is 273 g/mol. The van der Waals surface area contributed by atoms with Gasteiger partial charge in [0.25, 0.3) is 0 Å². The van der Waals surface area contributed by atoms with Crippen LogP contribution < -0.4 is 5.32 Å². The van der Waals surface area contributed by atoms with Crippen molar-refractivity contribution in [1.82, 2.24) is 5.32 Å². The summed E-state index contributed by atoms with van der Waals surface area (Å²) < 4.78 is 18.6. The van der Waals surface area contributed by atoms with Gasteiger partial charge in [0.05, 0.1) is 6.61 Å². The van der Waals surface area contributed by atoms with E-state index in [4.69, 9.17) is 16.3 Å². The minimum Gasteiger partial charge on any atom is -0.383 e. The van der Waals surface area contributed by atoms with Gasteiger partial charge in [-0.1, -0.05) is 31.0 Å². The molecule has 1 N–H and O–H groups in total. The highest BCUT2D eigenvalue weighted by molar-refractivity contribution is 6.31. The van der Waals surface area contributed by atoms with E-state index in [1.165, 1.54) is 6.07 Å². The van der Waals surface area contributed by atoms with Crippen LogP contribution in [0.5, 0.6) is 0 Å². The van der Waals surface area contributed by atoms with Crippen molar-refractivity contribution in [2.24, 2.45) is 5.92 Å². The van der Waals surface area contributed by atoms with E-state index in [1.807, 2.05) is 0 Å². The van der Waals surface area contributed by atoms with Gasteiger partial charge in [-0.05, 0) is 31.0 Å². The minimum atomic E-state index is -0.210. The molecule has 0 saturated heterocycles. The number of benzene rings is 1. The predicted molar refractivity (Wildman–Crippen MR) is 73.6 cm³/mol. The van der Waals surface area contributed by atoms with E-state index in [2.05, 4.69) is 12.2 Å². The van der Waals surface area contributed by atoms with Crippen LogP contribution in [0.15, 0.2) is 18.2 Å². The van der Waals surface area contributed by atoms with E-state index < -0.39 is 0 Å². The van der Waals surface area contributed by atoms with Gasteiger partial charge in [-0.15, -0.1) is 0 Å². The molecule has 0 aliphatic heterocycles. The third-order valence-corrected chi connectivity index (χ3v) is 3.40. The Labute approximate surface area is 113 Å². The Morgan fingerprint density at radius 2 is 2.22 bits per heavy atom. The summed E-state index contributed by atoms with van der Waals surface area (Å²) in [6.07, 6.45) is 1.66. The summed E-state index contributed by atoms with van der Waals surface area (Å²) in [7, 11) is 1.68. The Hall–Kier alpha value is -0.640. The van der Waals surface area contributed by atoms with Crippen LogP contribution in [0.3, 0.4) is 0 Å². The van der Waals surface area contributed by atoms with Crippen molar-refractivity contribution in [2.75, 3.05) is 26.8 Å². The highest BCUT2D eigenvalue weighted by Gasteiger charge is 2.13. The first-order valence-electron chi connectivity index (χ1n) is 6.31. The topological polar surface area (TPSA) is 21.3 Å². The van der Waals surface area contributed by atoms with Crippen molar-refractivity contribution in [3.63, 3.8) is 0 Å². The number of nitrogens with one attached hydrogen (secondary N) is 1. The van der Waals surface area contributed by atoms with E-state index in [9.17, 15) is 4.39 Å². The SMILES string of the molecule is CCC(CNCCOC)Cc1c(F)cccc1Cl. The fourth-order valence-corrected chi connectivity index (χ4v) is 2.10. The smallest absolute Gasteiger partial charge is 0.127 e. The molecular formula is C14H21ClFNO. The van der Waals surface area contributed by atoms with E-state index in [1.54, 1.807) is 19.2 Å². The second-order valence-electron chi connectivity index (χ2n) is 4.38. The molecule has 0 spiro atoms. The van der Waals surface area contributed by atoms with Crippen molar-refractivity contribution >= 4 is 11.6 Å². The number of hydrogen-bond donors (Lipinski definition) is 1. The summed E-state index contributed by atoms with van der Waals surface area (Å²) in [6.45, 7) is 4.47. The van der Waals surface area contributed by atoms with Crippen molar-refractivity contribution in [2.45, 2.75) is 19.8 Å². The van der Waals surface area contributed by atoms with Crippen LogP contribution in [0.2, 0.25) is 5.02 Å². The summed E-state index contributed by atoms with van der Waals surface area (Å²) in [5.41, 5.74) is 0.625. The lowest BCUT2D eigenvalue weighted by Crippen LogP contribution is -2.27. The summed E-state index contributed by atoms with van der Waals surface area (Å²) in [5.74, 6) is 0.175. The fourth-order valence-electron chi connectivity index (χ4n) is 1.86. The first kappa shape index (κ1) is 15.4. The van der Waals surface area contributed by atoms with Gasteiger partial charge in [0.1, 0.15) is 5.82 Å². The molecule has 0 amide bonds. The normalized spacial score (nSPS) is 12.7. The molecule has 2 nitrogen and oxygen atoms in total. The lowest BCUT2D eigenvalue weighted by Gasteiger charge is -2.17. The largest absolute Gasteiger partial charge is 0.383 e. The van der Waals surface area contributed by atoms with Crippen LogP contribution >= 0.6 is 11.6 Å². The van der Waals surface area contributed by atoms with Crippen LogP contribution in [-0.4, -0.2) is 26.8 Å². The van der Waals surface area contributed by atoms with E-state index in [-0.39, 0.29) is 5.82 Å². The molecule has 4 heteroatoms. The number of halogens is 2. The zero-order valence-electron chi connectivity index (χ0n) is 11.0. The summed E-state index contributed by atoms with van der Waals surface area (Å²) in [4.78, 5) is 0. The number of rotatable bonds is 8. The Morgan fingerprint density at radius 1 is 1.44 bits per heavy atom. The van der Waals surface area contributed by atoms with E-state index in [0.717, 1.165) is 19.5 Å². The molecule has 0 aliphatic carbocycles. The van der Waals surface area contributed by atoms with Gasteiger partial charge >= 0.3 is 0 Å². The predicted octanol–water partition coefficient (Wildman–Crippen LogP) is 3.28. The molecule has 0 heterocycles. The molecule has 0 saturated carbocycles. The zero-order chi connectivity index (χ0) is 13.4. The van der Waals surface area contributed by atoms with Crippen molar-refractivity contribution < 1.29 is 9.13 Å². The third-order valence-electron chi connectivity index (χ3n) is 3.05. The lowest BCUT2D eigenvalue weighted by atomic mass is 9.96. The first-order valence-corrected chi connectivity index (χ1v) is 6.69. The van der Waals surface area contributed by atoms with Gasteiger partial charge in [-0.3, -0.25) is 0 Å². The molecule has 102 valence electrons. The van der Waals surface area contributed by atoms with Crippen LogP contribution in [0.4, 0.5) is 4.39 Å². The molecule has 0 radical (unpaired) electrons. The summed E-state index contributed by atoms with van der Waals surface area (Å²) >= 11 is 6.03. The number of ether oxygens (including phenoxy) is 1. The molecule has 18 heavy (non-hydrogen) atoms. The molecule has 1 aromatic carbocycles.